The fourth-order valence-corrected chi connectivity index (χ4v) is 2.47. The topological polar surface area (TPSA) is 68.8 Å². The average molecular weight is 315 g/mol. The summed E-state index contributed by atoms with van der Waals surface area (Å²) in [5, 5.41) is 3.86. The molecule has 4 aromatic rings. The van der Waals surface area contributed by atoms with E-state index in [0.29, 0.717) is 22.5 Å². The zero-order valence-electron chi connectivity index (χ0n) is 11.8. The highest BCUT2D eigenvalue weighted by Crippen LogP contribution is 2.30. The molecule has 0 amide bonds. The highest BCUT2D eigenvalue weighted by Gasteiger charge is 2.15. The van der Waals surface area contributed by atoms with Crippen molar-refractivity contribution in [2.75, 3.05) is 5.32 Å². The van der Waals surface area contributed by atoms with Crippen LogP contribution < -0.4 is 5.32 Å². The molecule has 0 aliphatic carbocycles. The van der Waals surface area contributed by atoms with Crippen LogP contribution in [0.2, 0.25) is 0 Å². The van der Waals surface area contributed by atoms with Crippen LogP contribution in [0.4, 0.5) is 14.6 Å². The molecule has 0 aliphatic heterocycles. The molecule has 6 nitrogen and oxygen atoms in total. The summed E-state index contributed by atoms with van der Waals surface area (Å²) in [5.41, 5.74) is 1.86. The normalized spacial score (nSPS) is 11.6. The molecule has 23 heavy (non-hydrogen) atoms. The molecule has 0 atom stereocenters. The lowest BCUT2D eigenvalue weighted by molar-refractivity contribution is 0.0673. The molecule has 0 spiro atoms. The molecule has 0 bridgehead atoms. The summed E-state index contributed by atoms with van der Waals surface area (Å²) in [6.07, 6.45) is 3.98. The van der Waals surface area contributed by atoms with E-state index < -0.39 is 6.55 Å². The van der Waals surface area contributed by atoms with Crippen LogP contribution in [0.3, 0.4) is 0 Å². The lowest BCUT2D eigenvalue weighted by Gasteiger charge is -2.08. The Kier molecular flexibility index (Phi) is 3.14. The van der Waals surface area contributed by atoms with Gasteiger partial charge in [0.2, 0.25) is 0 Å². The van der Waals surface area contributed by atoms with Gasteiger partial charge in [-0.3, -0.25) is 4.57 Å². The van der Waals surface area contributed by atoms with Crippen molar-refractivity contribution in [1.29, 1.82) is 0 Å². The standard InChI is InChI=1S/C15H11F2N5O/c16-15(17)22-6-5-18-11(22)7-19-14-13-12(20-8-21-14)9-3-1-2-4-10(9)23-13/h1-6,8,15H,7H2,(H,19,20,21). The first kappa shape index (κ1) is 13.6. The maximum atomic E-state index is 12.8. The molecule has 0 unspecified atom stereocenters. The number of fused-ring (bicyclic) bond motifs is 3. The number of furan rings is 1. The number of hydrogen-bond acceptors (Lipinski definition) is 5. The number of halogens is 2. The summed E-state index contributed by atoms with van der Waals surface area (Å²) in [4.78, 5) is 12.3. The molecule has 0 saturated heterocycles. The lowest BCUT2D eigenvalue weighted by atomic mass is 10.2. The van der Waals surface area contributed by atoms with Gasteiger partial charge in [0, 0.05) is 17.8 Å². The summed E-state index contributed by atoms with van der Waals surface area (Å²) in [7, 11) is 0. The van der Waals surface area contributed by atoms with E-state index >= 15 is 0 Å². The lowest BCUT2D eigenvalue weighted by Crippen LogP contribution is -2.10. The predicted octanol–water partition coefficient (Wildman–Crippen LogP) is 3.58. The number of aromatic nitrogens is 4. The molecule has 3 heterocycles. The minimum Gasteiger partial charge on any atom is -0.450 e. The number of hydrogen-bond donors (Lipinski definition) is 1. The van der Waals surface area contributed by atoms with E-state index in [2.05, 4.69) is 20.3 Å². The summed E-state index contributed by atoms with van der Waals surface area (Å²) in [5.74, 6) is 0.651. The molecule has 0 saturated carbocycles. The Morgan fingerprint density at radius 1 is 1.17 bits per heavy atom. The number of rotatable bonds is 4. The molecular formula is C15H11F2N5O. The maximum absolute atomic E-state index is 12.8. The second-order valence-corrected chi connectivity index (χ2v) is 4.88. The van der Waals surface area contributed by atoms with Crippen molar-refractivity contribution in [2.45, 2.75) is 13.1 Å². The van der Waals surface area contributed by atoms with Gasteiger partial charge in [-0.1, -0.05) is 12.1 Å². The third-order valence-corrected chi connectivity index (χ3v) is 3.53. The van der Waals surface area contributed by atoms with Crippen molar-refractivity contribution in [3.63, 3.8) is 0 Å². The molecule has 0 aliphatic rings. The van der Waals surface area contributed by atoms with Gasteiger partial charge >= 0.3 is 6.55 Å². The Bertz CT molecular complexity index is 978. The highest BCUT2D eigenvalue weighted by molar-refractivity contribution is 6.05. The molecule has 0 fully saturated rings. The van der Waals surface area contributed by atoms with Gasteiger partial charge in [0.05, 0.1) is 6.54 Å². The number of para-hydroxylation sites is 1. The largest absolute Gasteiger partial charge is 0.450 e. The van der Waals surface area contributed by atoms with Crippen molar-refractivity contribution >= 4 is 27.9 Å². The molecule has 3 aromatic heterocycles. The van der Waals surface area contributed by atoms with Gasteiger partial charge in [-0.2, -0.15) is 8.78 Å². The van der Waals surface area contributed by atoms with Crippen molar-refractivity contribution < 1.29 is 13.2 Å². The number of imidazole rings is 1. The minimum atomic E-state index is -2.63. The van der Waals surface area contributed by atoms with Crippen LogP contribution in [-0.2, 0) is 6.54 Å². The third kappa shape index (κ3) is 2.28. The molecule has 4 rings (SSSR count). The molecule has 1 aromatic carbocycles. The van der Waals surface area contributed by atoms with Crippen molar-refractivity contribution in [2.24, 2.45) is 0 Å². The van der Waals surface area contributed by atoms with Crippen LogP contribution >= 0.6 is 0 Å². The van der Waals surface area contributed by atoms with Crippen molar-refractivity contribution in [3.05, 3.63) is 48.8 Å². The first-order chi connectivity index (χ1) is 11.2. The predicted molar refractivity (Wildman–Crippen MR) is 80.1 cm³/mol. The Labute approximate surface area is 128 Å². The molecular weight excluding hydrogens is 304 g/mol. The van der Waals surface area contributed by atoms with Crippen LogP contribution in [-0.4, -0.2) is 19.5 Å². The van der Waals surface area contributed by atoms with Gasteiger partial charge in [0.1, 0.15) is 23.3 Å². The van der Waals surface area contributed by atoms with Gasteiger partial charge in [0.15, 0.2) is 11.4 Å². The van der Waals surface area contributed by atoms with Gasteiger partial charge in [-0.05, 0) is 12.1 Å². The van der Waals surface area contributed by atoms with Crippen molar-refractivity contribution in [3.8, 4) is 0 Å². The van der Waals surface area contributed by atoms with Gasteiger partial charge < -0.3 is 9.73 Å². The molecule has 116 valence electrons. The number of nitrogens with one attached hydrogen (secondary N) is 1. The minimum absolute atomic E-state index is 0.0977. The van der Waals surface area contributed by atoms with E-state index in [4.69, 9.17) is 4.42 Å². The molecule has 1 N–H and O–H groups in total. The highest BCUT2D eigenvalue weighted by atomic mass is 19.3. The SMILES string of the molecule is FC(F)n1ccnc1CNc1ncnc2c1oc1ccccc12. The second kappa shape index (κ2) is 5.31. The van der Waals surface area contributed by atoms with Crippen molar-refractivity contribution in [1.82, 2.24) is 19.5 Å². The van der Waals surface area contributed by atoms with Gasteiger partial charge in [0.25, 0.3) is 0 Å². The van der Waals surface area contributed by atoms with Gasteiger partial charge in [-0.25, -0.2) is 15.0 Å². The number of benzene rings is 1. The van der Waals surface area contributed by atoms with Crippen LogP contribution in [0.1, 0.15) is 12.4 Å². The van der Waals surface area contributed by atoms with Gasteiger partial charge in [-0.15, -0.1) is 0 Å². The first-order valence-electron chi connectivity index (χ1n) is 6.90. The number of nitrogens with zero attached hydrogens (tertiary/aromatic N) is 4. The summed E-state index contributed by atoms with van der Waals surface area (Å²) >= 11 is 0. The molecule has 0 radical (unpaired) electrons. The van der Waals surface area contributed by atoms with E-state index in [1.165, 1.54) is 18.7 Å². The zero-order valence-corrected chi connectivity index (χ0v) is 11.8. The van der Waals surface area contributed by atoms with Crippen LogP contribution in [0.5, 0.6) is 0 Å². The van der Waals surface area contributed by atoms with Crippen LogP contribution in [0.25, 0.3) is 22.1 Å². The quantitative estimate of drug-likeness (QED) is 0.623. The summed E-state index contributed by atoms with van der Waals surface area (Å²) in [6, 6.07) is 7.50. The van der Waals surface area contributed by atoms with E-state index in [9.17, 15) is 8.78 Å². The Morgan fingerprint density at radius 2 is 2.04 bits per heavy atom. The Morgan fingerprint density at radius 3 is 2.91 bits per heavy atom. The van der Waals surface area contributed by atoms with E-state index in [1.54, 1.807) is 0 Å². The number of alkyl halides is 2. The second-order valence-electron chi connectivity index (χ2n) is 4.88. The van der Waals surface area contributed by atoms with E-state index in [0.717, 1.165) is 9.95 Å². The molecule has 8 heteroatoms. The van der Waals surface area contributed by atoms with Crippen LogP contribution in [0.15, 0.2) is 47.4 Å². The average Bonchev–Trinajstić information content (AvgIpc) is 3.17. The monoisotopic (exact) mass is 315 g/mol. The summed E-state index contributed by atoms with van der Waals surface area (Å²) in [6.45, 7) is -2.54. The Balaban J connectivity index is 1.70. The van der Waals surface area contributed by atoms with E-state index in [-0.39, 0.29) is 12.4 Å². The fraction of sp³-hybridized carbons (Fsp3) is 0.133. The smallest absolute Gasteiger partial charge is 0.319 e. The third-order valence-electron chi connectivity index (χ3n) is 3.53. The number of anilines is 1. The zero-order chi connectivity index (χ0) is 15.8. The Hall–Kier alpha value is -3.03. The van der Waals surface area contributed by atoms with E-state index in [1.807, 2.05) is 24.3 Å². The maximum Gasteiger partial charge on any atom is 0.319 e. The van der Waals surface area contributed by atoms with Crippen LogP contribution in [0, 0.1) is 0 Å². The first-order valence-corrected chi connectivity index (χ1v) is 6.90. The fourth-order valence-electron chi connectivity index (χ4n) is 2.47. The summed E-state index contributed by atoms with van der Waals surface area (Å²) < 4.78 is 32.2.